The maximum Gasteiger partial charge on any atom is 0.269 e. The van der Waals surface area contributed by atoms with Gasteiger partial charge in [0.05, 0.1) is 22.4 Å². The number of ketones is 1. The molecule has 1 aliphatic rings. The number of nitrogens with zero attached hydrogens (tertiary/aromatic N) is 2. The Morgan fingerprint density at radius 1 is 1.00 bits per heavy atom. The average Bonchev–Trinajstić information content (AvgIpc) is 3.26. The molecule has 0 spiro atoms. The number of hydrogen-bond acceptors (Lipinski definition) is 5. The molecule has 34 heavy (non-hydrogen) atoms. The molecular weight excluding hydrogens is 452 g/mol. The second-order valence-corrected chi connectivity index (χ2v) is 10.9. The highest BCUT2D eigenvalue weighted by Gasteiger charge is 2.41. The zero-order valence-electron chi connectivity index (χ0n) is 18.7. The van der Waals surface area contributed by atoms with E-state index in [9.17, 15) is 23.3 Å². The summed E-state index contributed by atoms with van der Waals surface area (Å²) in [4.78, 5) is 23.5. The zero-order valence-corrected chi connectivity index (χ0v) is 19.5. The fourth-order valence-corrected chi connectivity index (χ4v) is 6.24. The van der Waals surface area contributed by atoms with E-state index in [0.29, 0.717) is 35.2 Å². The third-order valence-electron chi connectivity index (χ3n) is 6.62. The predicted octanol–water partition coefficient (Wildman–Crippen LogP) is 5.11. The Morgan fingerprint density at radius 3 is 2.32 bits per heavy atom. The van der Waals surface area contributed by atoms with Crippen molar-refractivity contribution < 1.29 is 18.1 Å². The molecule has 3 aromatic carbocycles. The molecule has 1 aromatic heterocycles. The normalized spacial score (nSPS) is 17.8. The van der Waals surface area contributed by atoms with Gasteiger partial charge in [-0.05, 0) is 35.7 Å². The van der Waals surface area contributed by atoms with E-state index in [1.807, 2.05) is 43.3 Å². The van der Waals surface area contributed by atoms with Gasteiger partial charge in [0.1, 0.15) is 0 Å². The molecule has 1 atom stereocenters. The van der Waals surface area contributed by atoms with Gasteiger partial charge in [-0.3, -0.25) is 14.9 Å². The highest BCUT2D eigenvalue weighted by atomic mass is 32.2. The summed E-state index contributed by atoms with van der Waals surface area (Å²) in [5.41, 5.74) is 3.42. The summed E-state index contributed by atoms with van der Waals surface area (Å²) in [7, 11) is -3.72. The van der Waals surface area contributed by atoms with Gasteiger partial charge in [0.2, 0.25) is 10.0 Å². The monoisotopic (exact) mass is 474 g/mol. The van der Waals surface area contributed by atoms with Crippen molar-refractivity contribution in [2.24, 2.45) is 0 Å². The molecule has 0 amide bonds. The van der Waals surface area contributed by atoms with Crippen molar-refractivity contribution in [1.82, 2.24) is 3.97 Å². The van der Waals surface area contributed by atoms with Crippen LogP contribution >= 0.6 is 0 Å². The summed E-state index contributed by atoms with van der Waals surface area (Å²) in [6.45, 7) is 2.03. The summed E-state index contributed by atoms with van der Waals surface area (Å²) >= 11 is 0. The molecule has 0 aliphatic heterocycles. The SMILES string of the molecule is C[C@]1(Cc2c(-c3ccc([N+](=O)[O-])cc3)n(S(C)(=O)=O)c3ccccc23)CC(=O)c2ccccc21. The Hall–Kier alpha value is -3.78. The first kappa shape index (κ1) is 22.0. The Morgan fingerprint density at radius 2 is 1.65 bits per heavy atom. The molecule has 0 bridgehead atoms. The van der Waals surface area contributed by atoms with Crippen molar-refractivity contribution in [2.75, 3.05) is 6.26 Å². The Bertz CT molecular complexity index is 1590. The fraction of sp³-hybridized carbons (Fsp3) is 0.192. The van der Waals surface area contributed by atoms with E-state index in [1.54, 1.807) is 24.3 Å². The maximum atomic E-state index is 13.0. The van der Waals surface area contributed by atoms with Crippen LogP contribution in [0.4, 0.5) is 5.69 Å². The van der Waals surface area contributed by atoms with E-state index in [-0.39, 0.29) is 11.5 Å². The number of fused-ring (bicyclic) bond motifs is 2. The molecule has 1 aliphatic carbocycles. The number of Topliss-reactive ketones (excluding diaryl/α,β-unsaturated/α-hetero) is 1. The Labute approximate surface area is 196 Å². The zero-order chi connectivity index (χ0) is 24.3. The van der Waals surface area contributed by atoms with Crippen LogP contribution in [0, 0.1) is 10.1 Å². The molecule has 5 rings (SSSR count). The smallest absolute Gasteiger partial charge is 0.269 e. The second kappa shape index (κ2) is 7.63. The van der Waals surface area contributed by atoms with Crippen LogP contribution in [-0.2, 0) is 21.9 Å². The molecule has 0 fully saturated rings. The minimum atomic E-state index is -3.72. The molecule has 4 aromatic rings. The van der Waals surface area contributed by atoms with Crippen molar-refractivity contribution in [1.29, 1.82) is 0 Å². The number of aromatic nitrogens is 1. The minimum absolute atomic E-state index is 0.0711. The standard InChI is InChI=1S/C26H22N2O5S/c1-26(16-24(29)20-8-3-5-9-22(20)26)15-21-19-7-4-6-10-23(19)27(34(2,32)33)25(21)17-11-13-18(14-12-17)28(30)31/h3-14H,15-16H2,1-2H3/t26-/m0/s1. The second-order valence-electron chi connectivity index (χ2n) is 9.06. The van der Waals surface area contributed by atoms with Gasteiger partial charge in [-0.1, -0.05) is 49.4 Å². The van der Waals surface area contributed by atoms with Gasteiger partial charge in [-0.15, -0.1) is 0 Å². The molecule has 0 saturated heterocycles. The molecule has 172 valence electrons. The third kappa shape index (κ3) is 3.42. The highest BCUT2D eigenvalue weighted by molar-refractivity contribution is 7.89. The van der Waals surface area contributed by atoms with E-state index in [4.69, 9.17) is 0 Å². The molecule has 0 unspecified atom stereocenters. The highest BCUT2D eigenvalue weighted by Crippen LogP contribution is 2.45. The van der Waals surface area contributed by atoms with Crippen molar-refractivity contribution in [3.8, 4) is 11.3 Å². The number of benzene rings is 3. The van der Waals surface area contributed by atoms with Gasteiger partial charge in [-0.25, -0.2) is 12.4 Å². The van der Waals surface area contributed by atoms with Gasteiger partial charge >= 0.3 is 0 Å². The molecular formula is C26H22N2O5S. The summed E-state index contributed by atoms with van der Waals surface area (Å²) in [6.07, 6.45) is 1.91. The van der Waals surface area contributed by atoms with Crippen LogP contribution in [0.5, 0.6) is 0 Å². The van der Waals surface area contributed by atoms with Gasteiger partial charge in [0.15, 0.2) is 5.78 Å². The fourth-order valence-electron chi connectivity index (χ4n) is 5.18. The quantitative estimate of drug-likeness (QED) is 0.296. The van der Waals surface area contributed by atoms with E-state index < -0.39 is 20.4 Å². The lowest BCUT2D eigenvalue weighted by Gasteiger charge is -2.25. The lowest BCUT2D eigenvalue weighted by Crippen LogP contribution is -2.23. The van der Waals surface area contributed by atoms with E-state index in [2.05, 4.69) is 0 Å². The first-order chi connectivity index (χ1) is 16.1. The van der Waals surface area contributed by atoms with Crippen LogP contribution in [0.1, 0.15) is 34.8 Å². The van der Waals surface area contributed by atoms with Crippen LogP contribution < -0.4 is 0 Å². The predicted molar refractivity (Wildman–Crippen MR) is 131 cm³/mol. The molecule has 1 heterocycles. The summed E-state index contributed by atoms with van der Waals surface area (Å²) < 4.78 is 27.3. The van der Waals surface area contributed by atoms with Crippen LogP contribution in [0.2, 0.25) is 0 Å². The van der Waals surface area contributed by atoms with E-state index in [0.717, 1.165) is 22.8 Å². The number of rotatable bonds is 5. The van der Waals surface area contributed by atoms with E-state index in [1.165, 1.54) is 16.1 Å². The Kier molecular flexibility index (Phi) is 4.95. The first-order valence-corrected chi connectivity index (χ1v) is 12.7. The lowest BCUT2D eigenvalue weighted by molar-refractivity contribution is -0.384. The maximum absolute atomic E-state index is 13.0. The average molecular weight is 475 g/mol. The van der Waals surface area contributed by atoms with E-state index >= 15 is 0 Å². The minimum Gasteiger partial charge on any atom is -0.294 e. The molecule has 8 heteroatoms. The van der Waals surface area contributed by atoms with Crippen LogP contribution in [0.25, 0.3) is 22.2 Å². The lowest BCUT2D eigenvalue weighted by atomic mass is 9.77. The number of carbonyl (C=O) groups excluding carboxylic acids is 1. The summed E-state index contributed by atoms with van der Waals surface area (Å²) in [5.74, 6) is 0.0711. The van der Waals surface area contributed by atoms with Gasteiger partial charge in [0.25, 0.3) is 5.69 Å². The number of para-hydroxylation sites is 1. The molecule has 0 N–H and O–H groups in total. The molecule has 0 radical (unpaired) electrons. The number of nitro benzene ring substituents is 1. The molecule has 0 saturated carbocycles. The first-order valence-electron chi connectivity index (χ1n) is 10.8. The van der Waals surface area contributed by atoms with Gasteiger partial charge in [-0.2, -0.15) is 0 Å². The third-order valence-corrected chi connectivity index (χ3v) is 7.66. The molecule has 7 nitrogen and oxygen atoms in total. The number of hydrogen-bond donors (Lipinski definition) is 0. The van der Waals surface area contributed by atoms with Gasteiger partial charge < -0.3 is 0 Å². The summed E-state index contributed by atoms with van der Waals surface area (Å²) in [5, 5.41) is 12.0. The Balaban J connectivity index is 1.79. The van der Waals surface area contributed by atoms with Crippen molar-refractivity contribution >= 4 is 32.4 Å². The van der Waals surface area contributed by atoms with Crippen molar-refractivity contribution in [3.63, 3.8) is 0 Å². The largest absolute Gasteiger partial charge is 0.294 e. The number of nitro groups is 1. The van der Waals surface area contributed by atoms with Crippen molar-refractivity contribution in [2.45, 2.75) is 25.2 Å². The van der Waals surface area contributed by atoms with Crippen LogP contribution in [0.15, 0.2) is 72.8 Å². The van der Waals surface area contributed by atoms with Crippen LogP contribution in [0.3, 0.4) is 0 Å². The van der Waals surface area contributed by atoms with Gasteiger partial charge in [0, 0.05) is 40.5 Å². The topological polar surface area (TPSA) is 99.3 Å². The van der Waals surface area contributed by atoms with Crippen LogP contribution in [-0.4, -0.2) is 29.4 Å². The number of non-ortho nitro benzene ring substituents is 1. The van der Waals surface area contributed by atoms with Crippen molar-refractivity contribution in [3.05, 3.63) is 99.6 Å². The summed E-state index contributed by atoms with van der Waals surface area (Å²) in [6, 6.07) is 20.7. The number of carbonyl (C=O) groups is 1.